The summed E-state index contributed by atoms with van der Waals surface area (Å²) in [7, 11) is -3.61. The summed E-state index contributed by atoms with van der Waals surface area (Å²) in [5.41, 5.74) is 1.60. The van der Waals surface area contributed by atoms with Crippen molar-refractivity contribution in [2.75, 3.05) is 22.4 Å². The SMILES string of the molecule is CCOC(=O)Nc1cc(-c2cc(NS(=O)(=O)CC)ccc2Oc2ccc(F)cc2F)cn2c(C)nnc12. The fraction of sp³-hybridized carbons (Fsp3) is 0.208. The lowest BCUT2D eigenvalue weighted by Crippen LogP contribution is -2.15. The average Bonchev–Trinajstić information content (AvgIpc) is 3.22. The van der Waals surface area contributed by atoms with Gasteiger partial charge in [0, 0.05) is 29.1 Å². The number of sulfonamides is 1. The number of nitrogens with zero attached hydrogens (tertiary/aromatic N) is 3. The highest BCUT2D eigenvalue weighted by Gasteiger charge is 2.18. The third kappa shape index (κ3) is 5.77. The number of carbonyl (C=O) groups excluding carboxylic acids is 1. The van der Waals surface area contributed by atoms with Gasteiger partial charge in [-0.05, 0) is 57.2 Å². The largest absolute Gasteiger partial charge is 0.454 e. The molecule has 0 radical (unpaired) electrons. The predicted octanol–water partition coefficient (Wildman–Crippen LogP) is 5.11. The van der Waals surface area contributed by atoms with Gasteiger partial charge in [-0.3, -0.25) is 14.4 Å². The van der Waals surface area contributed by atoms with Crippen molar-refractivity contribution in [2.24, 2.45) is 0 Å². The van der Waals surface area contributed by atoms with Gasteiger partial charge < -0.3 is 9.47 Å². The maximum Gasteiger partial charge on any atom is 0.411 e. The summed E-state index contributed by atoms with van der Waals surface area (Å²) in [5.74, 6) is -1.44. The number of benzene rings is 2. The van der Waals surface area contributed by atoms with E-state index in [2.05, 4.69) is 20.2 Å². The molecule has 0 saturated heterocycles. The summed E-state index contributed by atoms with van der Waals surface area (Å²) >= 11 is 0. The van der Waals surface area contributed by atoms with E-state index in [4.69, 9.17) is 9.47 Å². The van der Waals surface area contributed by atoms with Gasteiger partial charge in [-0.2, -0.15) is 0 Å². The van der Waals surface area contributed by atoms with Crippen molar-refractivity contribution in [1.29, 1.82) is 0 Å². The first-order valence-corrected chi connectivity index (χ1v) is 12.8. The van der Waals surface area contributed by atoms with Crippen LogP contribution in [0.25, 0.3) is 16.8 Å². The van der Waals surface area contributed by atoms with Crippen molar-refractivity contribution >= 4 is 33.1 Å². The minimum atomic E-state index is -3.61. The second kappa shape index (κ2) is 10.4. The number of nitrogens with one attached hydrogen (secondary N) is 2. The zero-order valence-corrected chi connectivity index (χ0v) is 20.9. The van der Waals surface area contributed by atoms with Crippen molar-refractivity contribution < 1.29 is 31.5 Å². The normalized spacial score (nSPS) is 11.4. The van der Waals surface area contributed by atoms with Crippen molar-refractivity contribution in [3.8, 4) is 22.6 Å². The molecule has 4 rings (SSSR count). The van der Waals surface area contributed by atoms with Gasteiger partial charge in [-0.15, -0.1) is 10.2 Å². The lowest BCUT2D eigenvalue weighted by atomic mass is 10.0. The molecule has 0 aliphatic rings. The van der Waals surface area contributed by atoms with Gasteiger partial charge in [0.2, 0.25) is 10.0 Å². The maximum absolute atomic E-state index is 14.4. The minimum Gasteiger partial charge on any atom is -0.454 e. The predicted molar refractivity (Wildman–Crippen MR) is 133 cm³/mol. The van der Waals surface area contributed by atoms with Crippen LogP contribution in [0.15, 0.2) is 48.7 Å². The highest BCUT2D eigenvalue weighted by molar-refractivity contribution is 7.92. The quantitative estimate of drug-likeness (QED) is 0.324. The first-order chi connectivity index (χ1) is 17.6. The van der Waals surface area contributed by atoms with Crippen LogP contribution in [0.3, 0.4) is 0 Å². The number of carbonyl (C=O) groups is 1. The zero-order chi connectivity index (χ0) is 26.7. The number of halogens is 2. The van der Waals surface area contributed by atoms with Crippen LogP contribution in [0.2, 0.25) is 0 Å². The monoisotopic (exact) mass is 531 g/mol. The Morgan fingerprint density at radius 3 is 2.51 bits per heavy atom. The Bertz CT molecular complexity index is 1590. The van der Waals surface area contributed by atoms with Crippen LogP contribution in [0, 0.1) is 18.6 Å². The Hall–Kier alpha value is -4.26. The van der Waals surface area contributed by atoms with Crippen LogP contribution in [0.4, 0.5) is 25.0 Å². The highest BCUT2D eigenvalue weighted by atomic mass is 32.2. The van der Waals surface area contributed by atoms with Crippen LogP contribution in [0.1, 0.15) is 19.7 Å². The summed E-state index contributed by atoms with van der Waals surface area (Å²) < 4.78 is 67.0. The number of hydrogen-bond donors (Lipinski definition) is 2. The summed E-state index contributed by atoms with van der Waals surface area (Å²) in [6.45, 7) is 5.01. The van der Waals surface area contributed by atoms with E-state index >= 15 is 0 Å². The topological polar surface area (TPSA) is 124 Å². The van der Waals surface area contributed by atoms with Crippen molar-refractivity contribution in [2.45, 2.75) is 20.8 Å². The number of anilines is 2. The molecule has 0 aliphatic heterocycles. The summed E-state index contributed by atoms with van der Waals surface area (Å²) in [6, 6.07) is 8.85. The highest BCUT2D eigenvalue weighted by Crippen LogP contribution is 2.38. The van der Waals surface area contributed by atoms with Crippen LogP contribution in [0.5, 0.6) is 11.5 Å². The van der Waals surface area contributed by atoms with Gasteiger partial charge in [0.05, 0.1) is 18.0 Å². The number of aryl methyl sites for hydroxylation is 1. The fourth-order valence-corrected chi connectivity index (χ4v) is 4.09. The minimum absolute atomic E-state index is 0.136. The fourth-order valence-electron chi connectivity index (χ4n) is 3.46. The molecule has 2 N–H and O–H groups in total. The van der Waals surface area contributed by atoms with E-state index in [-0.39, 0.29) is 35.2 Å². The Kier molecular flexibility index (Phi) is 7.25. The summed E-state index contributed by atoms with van der Waals surface area (Å²) in [4.78, 5) is 12.2. The molecule has 0 spiro atoms. The Morgan fingerprint density at radius 1 is 1.05 bits per heavy atom. The third-order valence-corrected chi connectivity index (χ3v) is 6.55. The van der Waals surface area contributed by atoms with E-state index in [9.17, 15) is 22.0 Å². The van der Waals surface area contributed by atoms with E-state index < -0.39 is 27.8 Å². The van der Waals surface area contributed by atoms with E-state index in [1.54, 1.807) is 30.5 Å². The molecule has 0 bridgehead atoms. The molecule has 10 nitrogen and oxygen atoms in total. The molecule has 194 valence electrons. The molecule has 4 aromatic rings. The smallest absolute Gasteiger partial charge is 0.411 e. The number of fused-ring (bicyclic) bond motifs is 1. The Labute approximate surface area is 211 Å². The number of hydrogen-bond acceptors (Lipinski definition) is 7. The van der Waals surface area contributed by atoms with Crippen molar-refractivity contribution in [3.63, 3.8) is 0 Å². The van der Waals surface area contributed by atoms with Crippen LogP contribution in [-0.2, 0) is 14.8 Å². The Balaban J connectivity index is 1.89. The van der Waals surface area contributed by atoms with Crippen LogP contribution < -0.4 is 14.8 Å². The summed E-state index contributed by atoms with van der Waals surface area (Å²) in [5, 5.41) is 10.7. The van der Waals surface area contributed by atoms with Gasteiger partial charge in [0.1, 0.15) is 17.4 Å². The van der Waals surface area contributed by atoms with E-state index in [1.807, 2.05) is 0 Å². The van der Waals surface area contributed by atoms with Gasteiger partial charge in [0.25, 0.3) is 0 Å². The molecular formula is C24H23F2N5O5S. The molecule has 0 unspecified atom stereocenters. The number of amides is 1. The van der Waals surface area contributed by atoms with Gasteiger partial charge >= 0.3 is 6.09 Å². The first-order valence-electron chi connectivity index (χ1n) is 11.2. The lowest BCUT2D eigenvalue weighted by Gasteiger charge is -2.16. The second-order valence-corrected chi connectivity index (χ2v) is 9.83. The van der Waals surface area contributed by atoms with E-state index in [0.717, 1.165) is 12.1 Å². The van der Waals surface area contributed by atoms with Crippen LogP contribution >= 0.6 is 0 Å². The first kappa shape index (κ1) is 25.8. The number of aromatic nitrogens is 3. The average molecular weight is 532 g/mol. The molecule has 1 amide bonds. The summed E-state index contributed by atoms with van der Waals surface area (Å²) in [6.07, 6.45) is 0.944. The number of ether oxygens (including phenoxy) is 2. The standard InChI is InChI=1S/C24H23F2N5O5S/c1-4-35-24(32)27-20-10-15(13-31-14(3)28-29-23(20)31)18-12-17(30-37(33,34)5-2)7-9-21(18)36-22-8-6-16(25)11-19(22)26/h6-13,30H,4-5H2,1-3H3,(H,27,32). The molecular weight excluding hydrogens is 508 g/mol. The molecule has 0 saturated carbocycles. The molecule has 13 heteroatoms. The van der Waals surface area contributed by atoms with E-state index in [0.29, 0.717) is 28.7 Å². The maximum atomic E-state index is 14.4. The molecule has 2 aromatic heterocycles. The zero-order valence-electron chi connectivity index (χ0n) is 20.1. The van der Waals surface area contributed by atoms with Crippen molar-refractivity contribution in [3.05, 3.63) is 66.1 Å². The molecule has 0 atom stereocenters. The lowest BCUT2D eigenvalue weighted by molar-refractivity contribution is 0.168. The molecule has 0 aliphatic carbocycles. The van der Waals surface area contributed by atoms with Crippen LogP contribution in [-0.4, -0.2) is 41.5 Å². The molecule has 37 heavy (non-hydrogen) atoms. The molecule has 2 heterocycles. The molecule has 0 fully saturated rings. The number of pyridine rings is 1. The van der Waals surface area contributed by atoms with E-state index in [1.165, 1.54) is 25.1 Å². The molecule has 2 aromatic carbocycles. The van der Waals surface area contributed by atoms with Gasteiger partial charge in [0.15, 0.2) is 17.2 Å². The third-order valence-electron chi connectivity index (χ3n) is 5.25. The Morgan fingerprint density at radius 2 is 1.81 bits per heavy atom. The van der Waals surface area contributed by atoms with Crippen molar-refractivity contribution in [1.82, 2.24) is 14.6 Å². The van der Waals surface area contributed by atoms with Gasteiger partial charge in [-0.25, -0.2) is 22.0 Å². The number of rotatable bonds is 8. The second-order valence-electron chi connectivity index (χ2n) is 7.82. The van der Waals surface area contributed by atoms with Gasteiger partial charge in [-0.1, -0.05) is 0 Å².